The topological polar surface area (TPSA) is 43.9 Å². The summed E-state index contributed by atoms with van der Waals surface area (Å²) >= 11 is 12.8. The van der Waals surface area contributed by atoms with E-state index in [0.29, 0.717) is 27.9 Å². The van der Waals surface area contributed by atoms with Gasteiger partial charge in [0.05, 0.1) is 41.6 Å². The Morgan fingerprint density at radius 1 is 1.00 bits per heavy atom. The van der Waals surface area contributed by atoms with Crippen molar-refractivity contribution in [2.24, 2.45) is 0 Å². The summed E-state index contributed by atoms with van der Waals surface area (Å²) < 4.78 is 5.90. The van der Waals surface area contributed by atoms with Gasteiger partial charge < -0.3 is 9.64 Å². The van der Waals surface area contributed by atoms with Gasteiger partial charge in [-0.1, -0.05) is 47.5 Å². The number of hydrogen-bond acceptors (Lipinski definition) is 4. The van der Waals surface area contributed by atoms with Crippen LogP contribution in [0.25, 0.3) is 4.85 Å². The molecule has 0 N–H and O–H groups in total. The Balaban J connectivity index is 1.49. The molecule has 2 heterocycles. The Morgan fingerprint density at radius 2 is 1.82 bits per heavy atom. The van der Waals surface area contributed by atoms with E-state index in [9.17, 15) is 5.26 Å². The van der Waals surface area contributed by atoms with Crippen molar-refractivity contribution in [3.63, 3.8) is 0 Å². The first kappa shape index (κ1) is 22.6. The number of piperazine rings is 1. The molecule has 2 aliphatic rings. The van der Waals surface area contributed by atoms with Gasteiger partial charge in [0.15, 0.2) is 5.69 Å². The molecule has 1 saturated heterocycles. The Morgan fingerprint density at radius 3 is 2.56 bits per heavy atom. The number of rotatable bonds is 3. The van der Waals surface area contributed by atoms with E-state index in [2.05, 4.69) is 32.8 Å². The maximum Gasteiger partial charge on any atom is 0.190 e. The maximum atomic E-state index is 9.24. The van der Waals surface area contributed by atoms with Crippen LogP contribution in [0.5, 0.6) is 5.75 Å². The maximum absolute atomic E-state index is 9.24. The lowest BCUT2D eigenvalue weighted by molar-refractivity contribution is 0.117. The van der Waals surface area contributed by atoms with Gasteiger partial charge in [-0.25, -0.2) is 4.85 Å². The van der Waals surface area contributed by atoms with Crippen LogP contribution in [0, 0.1) is 17.9 Å². The fraction of sp³-hybridized carbons (Fsp3) is 0.259. The molecule has 0 aromatic heterocycles. The highest BCUT2D eigenvalue weighted by Crippen LogP contribution is 2.42. The molecule has 7 heteroatoms. The van der Waals surface area contributed by atoms with Gasteiger partial charge in [0, 0.05) is 42.7 Å². The van der Waals surface area contributed by atoms with E-state index in [-0.39, 0.29) is 12.1 Å². The average molecular weight is 489 g/mol. The second-order valence-electron chi connectivity index (χ2n) is 8.52. The van der Waals surface area contributed by atoms with Crippen molar-refractivity contribution in [1.82, 2.24) is 4.90 Å². The van der Waals surface area contributed by atoms with Crippen LogP contribution in [-0.2, 0) is 0 Å². The van der Waals surface area contributed by atoms with Crippen LogP contribution < -0.4 is 9.64 Å². The molecule has 170 valence electrons. The van der Waals surface area contributed by atoms with Crippen LogP contribution in [0.4, 0.5) is 11.4 Å². The van der Waals surface area contributed by atoms with E-state index >= 15 is 0 Å². The Labute approximate surface area is 209 Å². The fourth-order valence-corrected chi connectivity index (χ4v) is 5.38. The van der Waals surface area contributed by atoms with Crippen molar-refractivity contribution >= 4 is 34.6 Å². The minimum absolute atomic E-state index is 0.0604. The van der Waals surface area contributed by atoms with E-state index < -0.39 is 0 Å². The van der Waals surface area contributed by atoms with Crippen molar-refractivity contribution < 1.29 is 4.74 Å². The smallest absolute Gasteiger partial charge is 0.190 e. The number of fused-ring (bicyclic) bond motifs is 1. The van der Waals surface area contributed by atoms with Gasteiger partial charge >= 0.3 is 0 Å². The minimum atomic E-state index is 0.0604. The predicted molar refractivity (Wildman–Crippen MR) is 135 cm³/mol. The third kappa shape index (κ3) is 4.31. The highest BCUT2D eigenvalue weighted by Gasteiger charge is 2.35. The average Bonchev–Trinajstić information content (AvgIpc) is 2.88. The Hall–Kier alpha value is -3.22. The summed E-state index contributed by atoms with van der Waals surface area (Å²) in [5, 5.41) is 10.5. The third-order valence-corrected chi connectivity index (χ3v) is 7.18. The number of halogens is 2. The van der Waals surface area contributed by atoms with Crippen molar-refractivity contribution in [2.45, 2.75) is 18.5 Å². The second kappa shape index (κ2) is 9.57. The molecule has 34 heavy (non-hydrogen) atoms. The number of ether oxygens (including phenoxy) is 1. The SMILES string of the molecule is [C-]#[N+]c1ccc2c(c1)OCCC2N1CCN(c2ccc(C#N)cc2Cl)[C@H](c2ccc(Cl)cc2)C1. The molecular formula is C27H22Cl2N4O. The van der Waals surface area contributed by atoms with Gasteiger partial charge in [-0.3, -0.25) is 4.90 Å². The van der Waals surface area contributed by atoms with Crippen LogP contribution in [0.15, 0.2) is 60.7 Å². The molecule has 2 aliphatic heterocycles. The molecular weight excluding hydrogens is 467 g/mol. The largest absolute Gasteiger partial charge is 0.494 e. The van der Waals surface area contributed by atoms with Gasteiger partial charge in [0.1, 0.15) is 5.75 Å². The van der Waals surface area contributed by atoms with Gasteiger partial charge in [0.2, 0.25) is 0 Å². The lowest BCUT2D eigenvalue weighted by Gasteiger charge is -2.47. The van der Waals surface area contributed by atoms with Crippen molar-refractivity contribution in [2.75, 3.05) is 31.1 Å². The first-order valence-corrected chi connectivity index (χ1v) is 11.9. The zero-order valence-electron chi connectivity index (χ0n) is 18.4. The van der Waals surface area contributed by atoms with Gasteiger partial charge in [-0.15, -0.1) is 0 Å². The molecule has 1 fully saturated rings. The molecule has 0 spiro atoms. The van der Waals surface area contributed by atoms with Gasteiger partial charge in [0.25, 0.3) is 0 Å². The molecule has 5 rings (SSSR count). The molecule has 2 atom stereocenters. The molecule has 0 amide bonds. The molecule has 5 nitrogen and oxygen atoms in total. The molecule has 0 bridgehead atoms. The van der Waals surface area contributed by atoms with Crippen molar-refractivity contribution in [3.05, 3.63) is 98.8 Å². The second-order valence-corrected chi connectivity index (χ2v) is 9.36. The standard InChI is InChI=1S/C27H22Cl2N4O/c1-31-21-7-8-22-24(10-13-34-27(22)15-21)32-11-12-33(25-9-2-18(16-30)14-23(25)29)26(17-32)19-3-5-20(28)6-4-19/h2-9,14-15,24,26H,10-13,17H2/t24?,26-/m0/s1. The lowest BCUT2D eigenvalue weighted by atomic mass is 9.94. The summed E-state index contributed by atoms with van der Waals surface area (Å²) in [6.07, 6.45) is 0.898. The summed E-state index contributed by atoms with van der Waals surface area (Å²) in [5.41, 5.74) is 4.37. The third-order valence-electron chi connectivity index (χ3n) is 6.63. The minimum Gasteiger partial charge on any atom is -0.494 e. The summed E-state index contributed by atoms with van der Waals surface area (Å²) in [7, 11) is 0. The number of nitrogens with zero attached hydrogens (tertiary/aromatic N) is 4. The van der Waals surface area contributed by atoms with E-state index in [4.69, 9.17) is 34.5 Å². The lowest BCUT2D eigenvalue weighted by Crippen LogP contribution is -2.50. The van der Waals surface area contributed by atoms with Crippen molar-refractivity contribution in [1.29, 1.82) is 5.26 Å². The number of hydrogen-bond donors (Lipinski definition) is 0. The summed E-state index contributed by atoms with van der Waals surface area (Å²) in [6.45, 7) is 10.4. The molecule has 3 aromatic rings. The van der Waals surface area contributed by atoms with Crippen LogP contribution >= 0.6 is 23.2 Å². The van der Waals surface area contributed by atoms with Crippen molar-refractivity contribution in [3.8, 4) is 11.8 Å². The number of benzene rings is 3. The van der Waals surface area contributed by atoms with Gasteiger partial charge in [-0.2, -0.15) is 5.26 Å². The summed E-state index contributed by atoms with van der Waals surface area (Å²) in [5.74, 6) is 0.811. The molecule has 0 aliphatic carbocycles. The zero-order chi connectivity index (χ0) is 23.7. The Kier molecular flexibility index (Phi) is 6.35. The first-order valence-electron chi connectivity index (χ1n) is 11.2. The van der Waals surface area contributed by atoms with E-state index in [1.54, 1.807) is 6.07 Å². The fourth-order valence-electron chi connectivity index (χ4n) is 4.96. The zero-order valence-corrected chi connectivity index (χ0v) is 19.9. The summed E-state index contributed by atoms with van der Waals surface area (Å²) in [4.78, 5) is 8.38. The van der Waals surface area contributed by atoms with Crippen LogP contribution in [0.3, 0.4) is 0 Å². The predicted octanol–water partition coefficient (Wildman–Crippen LogP) is 6.80. The van der Waals surface area contributed by atoms with E-state index in [0.717, 1.165) is 48.6 Å². The first-order chi connectivity index (χ1) is 16.6. The van der Waals surface area contributed by atoms with Crippen LogP contribution in [0.2, 0.25) is 10.0 Å². The van der Waals surface area contributed by atoms with E-state index in [1.165, 1.54) is 0 Å². The summed E-state index contributed by atoms with van der Waals surface area (Å²) in [6, 6.07) is 21.7. The molecule has 1 unspecified atom stereocenters. The normalized spacial score (nSPS) is 20.1. The monoisotopic (exact) mass is 488 g/mol. The molecule has 0 radical (unpaired) electrons. The molecule has 3 aromatic carbocycles. The van der Waals surface area contributed by atoms with E-state index in [1.807, 2.05) is 42.5 Å². The molecule has 0 saturated carbocycles. The Bertz CT molecular complexity index is 1300. The highest BCUT2D eigenvalue weighted by atomic mass is 35.5. The quantitative estimate of drug-likeness (QED) is 0.380. The highest BCUT2D eigenvalue weighted by molar-refractivity contribution is 6.33. The van der Waals surface area contributed by atoms with Crippen LogP contribution in [0.1, 0.15) is 35.2 Å². The number of anilines is 1. The van der Waals surface area contributed by atoms with Gasteiger partial charge in [-0.05, 0) is 42.0 Å². The number of nitriles is 1. The van der Waals surface area contributed by atoms with Crippen LogP contribution in [-0.4, -0.2) is 31.1 Å².